The summed E-state index contributed by atoms with van der Waals surface area (Å²) < 4.78 is 5.89. The molecular formula is C12H17NOS. The van der Waals surface area contributed by atoms with Crippen LogP contribution in [0, 0.1) is 0 Å². The Labute approximate surface area is 94.9 Å². The zero-order chi connectivity index (χ0) is 10.1. The molecule has 2 nitrogen and oxygen atoms in total. The van der Waals surface area contributed by atoms with Crippen LogP contribution < -0.4 is 0 Å². The first-order chi connectivity index (χ1) is 7.43. The van der Waals surface area contributed by atoms with Crippen LogP contribution in [0.2, 0.25) is 0 Å². The van der Waals surface area contributed by atoms with E-state index < -0.39 is 0 Å². The second kappa shape index (κ2) is 4.24. The monoisotopic (exact) mass is 223 g/mol. The van der Waals surface area contributed by atoms with E-state index in [1.54, 1.807) is 4.88 Å². The van der Waals surface area contributed by atoms with Crippen LogP contribution in [0.1, 0.15) is 29.4 Å². The first kappa shape index (κ1) is 9.82. The van der Waals surface area contributed by atoms with Crippen LogP contribution in [0.15, 0.2) is 11.4 Å². The van der Waals surface area contributed by atoms with Gasteiger partial charge in [0, 0.05) is 17.8 Å². The van der Waals surface area contributed by atoms with E-state index in [1.165, 1.54) is 31.5 Å². The Balaban J connectivity index is 1.72. The molecular weight excluding hydrogens is 206 g/mol. The van der Waals surface area contributed by atoms with Crippen molar-refractivity contribution in [3.8, 4) is 0 Å². The van der Waals surface area contributed by atoms with Gasteiger partial charge in [-0.1, -0.05) is 0 Å². The maximum Gasteiger partial charge on any atom is 0.0962 e. The summed E-state index contributed by atoms with van der Waals surface area (Å²) in [4.78, 5) is 4.09. The molecule has 0 spiro atoms. The van der Waals surface area contributed by atoms with Crippen LogP contribution in [-0.4, -0.2) is 31.1 Å². The van der Waals surface area contributed by atoms with E-state index in [0.29, 0.717) is 6.10 Å². The predicted octanol–water partition coefficient (Wildman–Crippen LogP) is 2.46. The summed E-state index contributed by atoms with van der Waals surface area (Å²) in [6.45, 7) is 4.54. The summed E-state index contributed by atoms with van der Waals surface area (Å²) in [5, 5.41) is 2.20. The second-order valence-corrected chi connectivity index (χ2v) is 5.42. The van der Waals surface area contributed by atoms with Gasteiger partial charge in [-0.25, -0.2) is 0 Å². The molecule has 0 aromatic carbocycles. The molecule has 0 amide bonds. The molecule has 3 rings (SSSR count). The van der Waals surface area contributed by atoms with Gasteiger partial charge in [0.05, 0.1) is 12.7 Å². The van der Waals surface area contributed by atoms with Crippen molar-refractivity contribution in [3.63, 3.8) is 0 Å². The maximum absolute atomic E-state index is 5.89. The number of fused-ring (bicyclic) bond motifs is 1. The molecule has 2 aliphatic heterocycles. The molecule has 0 saturated carbocycles. The zero-order valence-electron chi connectivity index (χ0n) is 8.95. The first-order valence-corrected chi connectivity index (χ1v) is 6.72. The average molecular weight is 223 g/mol. The molecule has 0 N–H and O–H groups in total. The van der Waals surface area contributed by atoms with Crippen molar-refractivity contribution in [2.75, 3.05) is 26.2 Å². The molecule has 3 heteroatoms. The molecule has 2 aliphatic rings. The third-order valence-corrected chi connectivity index (χ3v) is 4.39. The topological polar surface area (TPSA) is 12.5 Å². The highest BCUT2D eigenvalue weighted by Crippen LogP contribution is 2.32. The van der Waals surface area contributed by atoms with Crippen LogP contribution in [0.5, 0.6) is 0 Å². The van der Waals surface area contributed by atoms with E-state index in [9.17, 15) is 0 Å². The van der Waals surface area contributed by atoms with Crippen LogP contribution in [0.4, 0.5) is 0 Å². The summed E-state index contributed by atoms with van der Waals surface area (Å²) in [6.07, 6.45) is 4.19. The summed E-state index contributed by atoms with van der Waals surface area (Å²) in [5.41, 5.74) is 1.46. The van der Waals surface area contributed by atoms with Crippen molar-refractivity contribution < 1.29 is 4.74 Å². The Hall–Kier alpha value is -0.380. The van der Waals surface area contributed by atoms with Crippen LogP contribution >= 0.6 is 11.3 Å². The van der Waals surface area contributed by atoms with Crippen molar-refractivity contribution in [3.05, 3.63) is 21.9 Å². The molecule has 1 fully saturated rings. The number of nitrogens with zero attached hydrogens (tertiary/aromatic N) is 1. The predicted molar refractivity (Wildman–Crippen MR) is 62.4 cm³/mol. The van der Waals surface area contributed by atoms with Gasteiger partial charge in [-0.2, -0.15) is 0 Å². The van der Waals surface area contributed by atoms with Crippen molar-refractivity contribution >= 4 is 11.3 Å². The molecule has 0 unspecified atom stereocenters. The molecule has 1 aromatic rings. The van der Waals surface area contributed by atoms with E-state index >= 15 is 0 Å². The van der Waals surface area contributed by atoms with Crippen LogP contribution in [0.25, 0.3) is 0 Å². The average Bonchev–Trinajstić information content (AvgIpc) is 2.87. The quantitative estimate of drug-likeness (QED) is 0.763. The summed E-state index contributed by atoms with van der Waals surface area (Å²) in [7, 11) is 0. The Morgan fingerprint density at radius 2 is 2.27 bits per heavy atom. The SMILES string of the molecule is c1cc2c(s1)CCO[C@H]2CN1CCCC1. The van der Waals surface area contributed by atoms with Crippen LogP contribution in [0.3, 0.4) is 0 Å². The highest BCUT2D eigenvalue weighted by molar-refractivity contribution is 7.10. The summed E-state index contributed by atoms with van der Waals surface area (Å²) in [6, 6.07) is 2.25. The van der Waals surface area contributed by atoms with E-state index in [-0.39, 0.29) is 0 Å². The van der Waals surface area contributed by atoms with Gasteiger partial charge in [-0.3, -0.25) is 0 Å². The molecule has 3 heterocycles. The lowest BCUT2D eigenvalue weighted by atomic mass is 10.1. The Kier molecular flexibility index (Phi) is 2.77. The number of rotatable bonds is 2. The summed E-state index contributed by atoms with van der Waals surface area (Å²) in [5.74, 6) is 0. The molecule has 1 atom stereocenters. The lowest BCUT2D eigenvalue weighted by molar-refractivity contribution is 0.0217. The zero-order valence-corrected chi connectivity index (χ0v) is 9.76. The van der Waals surface area contributed by atoms with E-state index in [4.69, 9.17) is 4.74 Å². The molecule has 0 radical (unpaired) electrons. The van der Waals surface area contributed by atoms with Crippen molar-refractivity contribution in [2.45, 2.75) is 25.4 Å². The number of hydrogen-bond acceptors (Lipinski definition) is 3. The fourth-order valence-electron chi connectivity index (χ4n) is 2.58. The minimum Gasteiger partial charge on any atom is -0.372 e. The highest BCUT2D eigenvalue weighted by atomic mass is 32.1. The minimum atomic E-state index is 0.345. The molecule has 82 valence electrons. The minimum absolute atomic E-state index is 0.345. The van der Waals surface area contributed by atoms with Gasteiger partial charge in [0.25, 0.3) is 0 Å². The molecule has 1 saturated heterocycles. The van der Waals surface area contributed by atoms with Gasteiger partial charge >= 0.3 is 0 Å². The largest absolute Gasteiger partial charge is 0.372 e. The van der Waals surface area contributed by atoms with E-state index in [1.807, 2.05) is 11.3 Å². The Bertz CT molecular complexity index is 330. The smallest absolute Gasteiger partial charge is 0.0962 e. The highest BCUT2D eigenvalue weighted by Gasteiger charge is 2.25. The second-order valence-electron chi connectivity index (χ2n) is 4.42. The standard InChI is InChI=1S/C12H17NOS/c1-2-6-13(5-1)9-11-10-4-8-15-12(10)3-7-14-11/h4,8,11H,1-3,5-7,9H2/t11-/m0/s1. The summed E-state index contributed by atoms with van der Waals surface area (Å²) >= 11 is 1.89. The Morgan fingerprint density at radius 1 is 1.40 bits per heavy atom. The fourth-order valence-corrected chi connectivity index (χ4v) is 3.49. The number of ether oxygens (including phenoxy) is 1. The van der Waals surface area contributed by atoms with Gasteiger partial charge in [-0.05, 0) is 42.9 Å². The molecule has 15 heavy (non-hydrogen) atoms. The van der Waals surface area contributed by atoms with Gasteiger partial charge in [0.2, 0.25) is 0 Å². The van der Waals surface area contributed by atoms with Gasteiger partial charge in [-0.15, -0.1) is 11.3 Å². The number of hydrogen-bond donors (Lipinski definition) is 0. The maximum atomic E-state index is 5.89. The molecule has 0 bridgehead atoms. The van der Waals surface area contributed by atoms with Gasteiger partial charge < -0.3 is 9.64 Å². The Morgan fingerprint density at radius 3 is 3.13 bits per heavy atom. The molecule has 0 aliphatic carbocycles. The lowest BCUT2D eigenvalue weighted by Gasteiger charge is -2.27. The number of thiophene rings is 1. The first-order valence-electron chi connectivity index (χ1n) is 5.84. The van der Waals surface area contributed by atoms with Crippen molar-refractivity contribution in [2.24, 2.45) is 0 Å². The lowest BCUT2D eigenvalue weighted by Crippen LogP contribution is -2.29. The van der Waals surface area contributed by atoms with E-state index in [2.05, 4.69) is 16.3 Å². The van der Waals surface area contributed by atoms with Crippen molar-refractivity contribution in [1.29, 1.82) is 0 Å². The third kappa shape index (κ3) is 1.96. The van der Waals surface area contributed by atoms with Crippen molar-refractivity contribution in [1.82, 2.24) is 4.90 Å². The van der Waals surface area contributed by atoms with Gasteiger partial charge in [0.1, 0.15) is 0 Å². The van der Waals surface area contributed by atoms with E-state index in [0.717, 1.165) is 19.6 Å². The normalized spacial score (nSPS) is 26.8. The van der Waals surface area contributed by atoms with Gasteiger partial charge in [0.15, 0.2) is 0 Å². The van der Waals surface area contributed by atoms with Crippen LogP contribution in [-0.2, 0) is 11.2 Å². The molecule has 1 aromatic heterocycles. The third-order valence-electron chi connectivity index (χ3n) is 3.40. The fraction of sp³-hybridized carbons (Fsp3) is 0.667. The number of likely N-dealkylation sites (tertiary alicyclic amines) is 1.